The molecule has 0 saturated carbocycles. The molecule has 41 heavy (non-hydrogen) atoms. The minimum absolute atomic E-state index is 0.232. The molecule has 5 rings (SSSR count). The van der Waals surface area contributed by atoms with Gasteiger partial charge in [-0.15, -0.1) is 0 Å². The number of fused-ring (bicyclic) bond motifs is 1. The van der Waals surface area contributed by atoms with Crippen molar-refractivity contribution in [2.75, 3.05) is 7.11 Å². The number of benzene rings is 1. The number of alkyl halides is 6. The molecule has 0 unspecified atom stereocenters. The van der Waals surface area contributed by atoms with Gasteiger partial charge in [-0.25, -0.2) is 9.37 Å². The Balaban J connectivity index is 0.000000275. The molecule has 0 spiro atoms. The van der Waals surface area contributed by atoms with E-state index in [-0.39, 0.29) is 12.4 Å². The highest BCUT2D eigenvalue weighted by molar-refractivity contribution is 6.41. The summed E-state index contributed by atoms with van der Waals surface area (Å²) < 4.78 is 93.3. The van der Waals surface area contributed by atoms with Gasteiger partial charge in [0.15, 0.2) is 0 Å². The number of H-pyrrole nitrogens is 1. The van der Waals surface area contributed by atoms with Crippen molar-refractivity contribution in [3.63, 3.8) is 0 Å². The second-order valence-electron chi connectivity index (χ2n) is 8.03. The number of carbonyl (C=O) groups excluding carboxylic acids is 2. The Morgan fingerprint density at radius 2 is 1.66 bits per heavy atom. The molecule has 5 aromatic rings. The molecule has 0 radical (unpaired) electrons. The van der Waals surface area contributed by atoms with Gasteiger partial charge >= 0.3 is 23.9 Å². The molecule has 0 atom stereocenters. The van der Waals surface area contributed by atoms with Crippen LogP contribution in [0.1, 0.15) is 5.89 Å². The van der Waals surface area contributed by atoms with Gasteiger partial charge in [-0.05, 0) is 24.3 Å². The molecular weight excluding hydrogens is 569 g/mol. The van der Waals surface area contributed by atoms with Crippen LogP contribution in [-0.4, -0.2) is 60.8 Å². The number of ketones is 2. The quantitative estimate of drug-likeness (QED) is 0.219. The Labute approximate surface area is 223 Å². The van der Waals surface area contributed by atoms with E-state index in [1.807, 2.05) is 22.7 Å². The van der Waals surface area contributed by atoms with Gasteiger partial charge in [0, 0.05) is 30.0 Å². The van der Waals surface area contributed by atoms with E-state index in [0.717, 1.165) is 16.8 Å². The molecule has 0 bridgehead atoms. The van der Waals surface area contributed by atoms with Gasteiger partial charge < -0.3 is 9.26 Å². The normalized spacial score (nSPS) is 11.8. The van der Waals surface area contributed by atoms with Crippen LogP contribution in [0.4, 0.5) is 30.7 Å². The Bertz CT molecular complexity index is 1680. The van der Waals surface area contributed by atoms with Crippen molar-refractivity contribution >= 4 is 17.2 Å². The lowest BCUT2D eigenvalue weighted by Gasteiger charge is -2.06. The summed E-state index contributed by atoms with van der Waals surface area (Å²) in [6, 6.07) is 10.4. The number of nitrogens with one attached hydrogen (secondary N) is 1. The van der Waals surface area contributed by atoms with Crippen LogP contribution >= 0.6 is 0 Å². The number of ether oxygens (including phenoxy) is 1. The zero-order chi connectivity index (χ0) is 29.9. The summed E-state index contributed by atoms with van der Waals surface area (Å²) in [7, 11) is 1.56. The maximum absolute atomic E-state index is 14.3. The lowest BCUT2D eigenvalue weighted by atomic mass is 10.0. The molecular formula is C24H15F7N6O4. The average Bonchev–Trinajstić information content (AvgIpc) is 3.67. The van der Waals surface area contributed by atoms with Gasteiger partial charge in [0.05, 0.1) is 18.1 Å². The smallest absolute Gasteiger partial charge is 0.375 e. The Morgan fingerprint density at radius 1 is 0.976 bits per heavy atom. The van der Waals surface area contributed by atoms with Crippen molar-refractivity contribution in [1.29, 1.82) is 0 Å². The van der Waals surface area contributed by atoms with Crippen LogP contribution in [0, 0.1) is 5.82 Å². The number of aromatic nitrogens is 6. The second kappa shape index (κ2) is 11.3. The SMILES string of the molecule is COCc1nc(-c2cnc3ccc(-c4cn[nH]c4-c4ccccc4F)cn23)no1.O=C(C(=O)C(F)(F)F)C(F)(F)F. The van der Waals surface area contributed by atoms with Crippen LogP contribution in [0.25, 0.3) is 39.5 Å². The molecule has 4 heterocycles. The first-order valence-electron chi connectivity index (χ1n) is 11.1. The molecule has 0 aliphatic rings. The molecule has 17 heteroatoms. The van der Waals surface area contributed by atoms with E-state index in [1.165, 1.54) is 6.07 Å². The number of halogens is 7. The number of imidazole rings is 1. The fourth-order valence-electron chi connectivity index (χ4n) is 3.48. The van der Waals surface area contributed by atoms with Gasteiger partial charge in [-0.1, -0.05) is 17.3 Å². The first kappa shape index (κ1) is 29.1. The van der Waals surface area contributed by atoms with E-state index in [2.05, 4.69) is 25.3 Å². The van der Waals surface area contributed by atoms with Crippen molar-refractivity contribution in [2.45, 2.75) is 19.0 Å². The molecule has 1 N–H and O–H groups in total. The zero-order valence-electron chi connectivity index (χ0n) is 20.4. The number of pyridine rings is 1. The van der Waals surface area contributed by atoms with E-state index in [4.69, 9.17) is 9.26 Å². The van der Waals surface area contributed by atoms with Crippen LogP contribution in [0.3, 0.4) is 0 Å². The van der Waals surface area contributed by atoms with Crippen LogP contribution in [0.2, 0.25) is 0 Å². The number of Topliss-reactive ketones (excluding diaryl/α,β-unsaturated/α-hetero) is 2. The molecule has 10 nitrogen and oxygen atoms in total. The Morgan fingerprint density at radius 3 is 2.29 bits per heavy atom. The number of rotatable bonds is 6. The first-order valence-corrected chi connectivity index (χ1v) is 11.1. The zero-order valence-corrected chi connectivity index (χ0v) is 20.4. The number of carbonyl (C=O) groups is 2. The third-order valence-electron chi connectivity index (χ3n) is 5.29. The number of hydrogen-bond acceptors (Lipinski definition) is 8. The fourth-order valence-corrected chi connectivity index (χ4v) is 3.48. The molecule has 0 aliphatic heterocycles. The van der Waals surface area contributed by atoms with Crippen molar-refractivity contribution in [2.24, 2.45) is 0 Å². The second-order valence-corrected chi connectivity index (χ2v) is 8.03. The van der Waals surface area contributed by atoms with E-state index < -0.39 is 23.9 Å². The van der Waals surface area contributed by atoms with Crippen LogP contribution in [-0.2, 0) is 20.9 Å². The van der Waals surface area contributed by atoms with E-state index in [9.17, 15) is 40.3 Å². The highest BCUT2D eigenvalue weighted by Gasteiger charge is 2.54. The Hall–Kier alpha value is -4.93. The van der Waals surface area contributed by atoms with Crippen molar-refractivity contribution in [3.05, 3.63) is 66.7 Å². The molecule has 0 saturated heterocycles. The van der Waals surface area contributed by atoms with Gasteiger partial charge in [0.25, 0.3) is 5.89 Å². The monoisotopic (exact) mass is 584 g/mol. The number of nitrogens with zero attached hydrogens (tertiary/aromatic N) is 5. The number of methoxy groups -OCH3 is 1. The average molecular weight is 584 g/mol. The first-order chi connectivity index (χ1) is 19.3. The summed E-state index contributed by atoms with van der Waals surface area (Å²) in [5, 5.41) is 11.0. The van der Waals surface area contributed by atoms with Gasteiger partial charge in [0.2, 0.25) is 5.82 Å². The molecule has 0 fully saturated rings. The molecule has 4 aromatic heterocycles. The molecule has 0 amide bonds. The summed E-state index contributed by atoms with van der Waals surface area (Å²) in [5.41, 5.74) is 4.05. The third-order valence-corrected chi connectivity index (χ3v) is 5.29. The lowest BCUT2D eigenvalue weighted by Crippen LogP contribution is -2.39. The van der Waals surface area contributed by atoms with Crippen LogP contribution < -0.4 is 0 Å². The predicted molar refractivity (Wildman–Crippen MR) is 124 cm³/mol. The molecule has 214 valence electrons. The standard InChI is InChI=1S/C20H15FN6O2.C4F6O2/c1-28-11-18-24-20(26-29-18)16-9-22-17-7-6-12(10-27(16)17)14-8-23-25-19(14)13-4-2-3-5-15(13)21;5-3(6,7)1(11)2(12)4(8,9)10/h2-10H,11H2,1H3,(H,23,25);. The predicted octanol–water partition coefficient (Wildman–Crippen LogP) is 4.98. The minimum atomic E-state index is -5.77. The summed E-state index contributed by atoms with van der Waals surface area (Å²) >= 11 is 0. The van der Waals surface area contributed by atoms with Crippen LogP contribution in [0.5, 0.6) is 0 Å². The number of hydrogen-bond donors (Lipinski definition) is 1. The molecule has 0 aliphatic carbocycles. The van der Waals surface area contributed by atoms with Crippen molar-refractivity contribution < 1.29 is 49.6 Å². The lowest BCUT2D eigenvalue weighted by molar-refractivity contribution is -0.193. The topological polar surface area (TPSA) is 128 Å². The molecule has 1 aromatic carbocycles. The minimum Gasteiger partial charge on any atom is -0.375 e. The van der Waals surface area contributed by atoms with Gasteiger partial charge in [0.1, 0.15) is 23.8 Å². The van der Waals surface area contributed by atoms with E-state index >= 15 is 0 Å². The van der Waals surface area contributed by atoms with Gasteiger partial charge in [-0.2, -0.15) is 36.4 Å². The third kappa shape index (κ3) is 6.29. The summed E-state index contributed by atoms with van der Waals surface area (Å²) in [6.45, 7) is 0.232. The summed E-state index contributed by atoms with van der Waals surface area (Å²) in [4.78, 5) is 28.0. The highest BCUT2D eigenvalue weighted by atomic mass is 19.4. The largest absolute Gasteiger partial charge is 0.458 e. The Kier molecular flexibility index (Phi) is 8.00. The number of aromatic amines is 1. The van der Waals surface area contributed by atoms with Gasteiger partial charge in [-0.3, -0.25) is 19.1 Å². The van der Waals surface area contributed by atoms with Crippen molar-refractivity contribution in [3.8, 4) is 33.9 Å². The maximum Gasteiger partial charge on any atom is 0.458 e. The van der Waals surface area contributed by atoms with E-state index in [0.29, 0.717) is 28.7 Å². The maximum atomic E-state index is 14.3. The summed E-state index contributed by atoms with van der Waals surface area (Å²) in [6.07, 6.45) is -6.31. The van der Waals surface area contributed by atoms with Crippen LogP contribution in [0.15, 0.2) is 59.5 Å². The highest BCUT2D eigenvalue weighted by Crippen LogP contribution is 2.32. The van der Waals surface area contributed by atoms with E-state index in [1.54, 1.807) is 37.7 Å². The van der Waals surface area contributed by atoms with Crippen molar-refractivity contribution in [1.82, 2.24) is 29.7 Å². The summed E-state index contributed by atoms with van der Waals surface area (Å²) in [5.74, 6) is -6.35. The fraction of sp³-hybridized carbons (Fsp3) is 0.167.